The first-order chi connectivity index (χ1) is 13.2. The first-order valence-corrected chi connectivity index (χ1v) is 8.85. The van der Waals surface area contributed by atoms with E-state index >= 15 is 0 Å². The molecular weight excluding hydrogens is 334 g/mol. The summed E-state index contributed by atoms with van der Waals surface area (Å²) in [4.78, 5) is 10.8. The Morgan fingerprint density at radius 1 is 0.926 bits per heavy atom. The smallest absolute Gasteiger partial charge is 0.328 e. The molecule has 0 aliphatic heterocycles. The van der Waals surface area contributed by atoms with Gasteiger partial charge in [-0.05, 0) is 53.5 Å². The van der Waals surface area contributed by atoms with Gasteiger partial charge < -0.3 is 9.67 Å². The molecule has 0 fully saturated rings. The number of fused-ring (bicyclic) bond motifs is 1. The highest BCUT2D eigenvalue weighted by Gasteiger charge is 2.11. The van der Waals surface area contributed by atoms with E-state index in [-0.39, 0.29) is 0 Å². The second-order valence-electron chi connectivity index (χ2n) is 6.47. The number of para-hydroxylation sites is 1. The lowest BCUT2D eigenvalue weighted by Crippen LogP contribution is -1.91. The molecule has 0 radical (unpaired) electrons. The van der Waals surface area contributed by atoms with Crippen LogP contribution in [0.2, 0.25) is 0 Å². The van der Waals surface area contributed by atoms with Crippen molar-refractivity contribution < 1.29 is 9.90 Å². The minimum absolute atomic E-state index is 0.823. The zero-order valence-corrected chi connectivity index (χ0v) is 14.7. The molecule has 3 heteroatoms. The number of hydrogen-bond acceptors (Lipinski definition) is 1. The number of carboxylic acids is 1. The normalized spacial score (nSPS) is 11.3. The predicted octanol–water partition coefficient (Wildman–Crippen LogP) is 5.32. The van der Waals surface area contributed by atoms with Crippen LogP contribution in [0.25, 0.3) is 22.7 Å². The van der Waals surface area contributed by atoms with Crippen LogP contribution in [0, 0.1) is 0 Å². The predicted molar refractivity (Wildman–Crippen MR) is 109 cm³/mol. The van der Waals surface area contributed by atoms with Gasteiger partial charge in [0, 0.05) is 23.3 Å². The highest BCUT2D eigenvalue weighted by atomic mass is 16.4. The number of carbonyl (C=O) groups is 1. The Labute approximate surface area is 157 Å². The third-order valence-corrected chi connectivity index (χ3v) is 4.60. The Morgan fingerprint density at radius 2 is 1.63 bits per heavy atom. The van der Waals surface area contributed by atoms with Crippen LogP contribution < -0.4 is 0 Å². The van der Waals surface area contributed by atoms with Crippen LogP contribution in [0.4, 0.5) is 0 Å². The van der Waals surface area contributed by atoms with Gasteiger partial charge in [-0.15, -0.1) is 0 Å². The van der Waals surface area contributed by atoms with Crippen molar-refractivity contribution in [1.29, 1.82) is 0 Å². The van der Waals surface area contributed by atoms with E-state index in [2.05, 4.69) is 47.2 Å². The van der Waals surface area contributed by atoms with Crippen molar-refractivity contribution in [1.82, 2.24) is 4.57 Å². The Hall–Kier alpha value is -3.59. The summed E-state index contributed by atoms with van der Waals surface area (Å²) in [5.74, 6) is -0.943. The van der Waals surface area contributed by atoms with Crippen molar-refractivity contribution in [2.45, 2.75) is 6.42 Å². The third-order valence-electron chi connectivity index (χ3n) is 4.60. The van der Waals surface area contributed by atoms with Crippen LogP contribution in [0.1, 0.15) is 16.7 Å². The van der Waals surface area contributed by atoms with Gasteiger partial charge in [0.05, 0.1) is 5.52 Å². The summed E-state index contributed by atoms with van der Waals surface area (Å²) in [5.41, 5.74) is 5.56. The van der Waals surface area contributed by atoms with Crippen molar-refractivity contribution in [3.8, 4) is 5.69 Å². The molecule has 0 aliphatic carbocycles. The summed E-state index contributed by atoms with van der Waals surface area (Å²) in [6.45, 7) is 0. The van der Waals surface area contributed by atoms with Crippen molar-refractivity contribution in [2.24, 2.45) is 0 Å². The molecule has 0 atom stereocenters. The number of nitrogens with zero attached hydrogens (tertiary/aromatic N) is 1. The van der Waals surface area contributed by atoms with Gasteiger partial charge in [0.15, 0.2) is 0 Å². The Kier molecular flexibility index (Phi) is 4.58. The quantitative estimate of drug-likeness (QED) is 0.494. The van der Waals surface area contributed by atoms with Gasteiger partial charge in [-0.25, -0.2) is 4.79 Å². The average Bonchev–Trinajstić information content (AvgIpc) is 3.06. The van der Waals surface area contributed by atoms with Gasteiger partial charge in [0.2, 0.25) is 0 Å². The van der Waals surface area contributed by atoms with Gasteiger partial charge >= 0.3 is 5.97 Å². The summed E-state index contributed by atoms with van der Waals surface area (Å²) in [6, 6.07) is 26.7. The molecule has 1 aromatic heterocycles. The van der Waals surface area contributed by atoms with Crippen molar-refractivity contribution in [3.05, 3.63) is 108 Å². The molecule has 0 saturated carbocycles. The molecule has 1 N–H and O–H groups in total. The number of aromatic nitrogens is 1. The fraction of sp³-hybridized carbons (Fsp3) is 0.0417. The van der Waals surface area contributed by atoms with E-state index in [4.69, 9.17) is 5.11 Å². The molecule has 0 unspecified atom stereocenters. The minimum Gasteiger partial charge on any atom is -0.478 e. The van der Waals surface area contributed by atoms with Gasteiger partial charge in [0.1, 0.15) is 0 Å². The maximum Gasteiger partial charge on any atom is 0.328 e. The maximum atomic E-state index is 10.8. The third kappa shape index (κ3) is 3.67. The SMILES string of the molecule is O=C(O)/C=C/c1ccc2c(c1)c(Cc1ccccc1)cn2-c1ccccc1. The van der Waals surface area contributed by atoms with Crippen LogP contribution in [0.3, 0.4) is 0 Å². The highest BCUT2D eigenvalue weighted by Crippen LogP contribution is 2.28. The van der Waals surface area contributed by atoms with E-state index in [0.29, 0.717) is 0 Å². The molecule has 4 rings (SSSR count). The maximum absolute atomic E-state index is 10.8. The van der Waals surface area contributed by atoms with Gasteiger partial charge in [-0.1, -0.05) is 54.6 Å². The van der Waals surface area contributed by atoms with Gasteiger partial charge in [-0.2, -0.15) is 0 Å². The Balaban J connectivity index is 1.86. The van der Waals surface area contributed by atoms with E-state index in [0.717, 1.165) is 28.6 Å². The lowest BCUT2D eigenvalue weighted by molar-refractivity contribution is -0.131. The number of rotatable bonds is 5. The highest BCUT2D eigenvalue weighted by molar-refractivity contribution is 5.90. The summed E-state index contributed by atoms with van der Waals surface area (Å²) in [5, 5.41) is 10.0. The van der Waals surface area contributed by atoms with Crippen LogP contribution in [-0.4, -0.2) is 15.6 Å². The fourth-order valence-electron chi connectivity index (χ4n) is 3.35. The molecule has 1 heterocycles. The molecule has 132 valence electrons. The van der Waals surface area contributed by atoms with E-state index in [1.54, 1.807) is 6.08 Å². The number of hydrogen-bond donors (Lipinski definition) is 1. The molecule has 0 aliphatic rings. The van der Waals surface area contributed by atoms with Gasteiger partial charge in [0.25, 0.3) is 0 Å². The van der Waals surface area contributed by atoms with Gasteiger partial charge in [-0.3, -0.25) is 0 Å². The number of carboxylic acid groups (broad SMARTS) is 1. The standard InChI is InChI=1S/C24H19NO2/c26-24(27)14-12-19-11-13-23-22(16-19)20(15-18-7-3-1-4-8-18)17-25(23)21-9-5-2-6-10-21/h1-14,16-17H,15H2,(H,26,27)/b14-12+. The van der Waals surface area contributed by atoms with Crippen molar-refractivity contribution in [3.63, 3.8) is 0 Å². The van der Waals surface area contributed by atoms with Crippen LogP contribution in [0.5, 0.6) is 0 Å². The molecule has 0 amide bonds. The van der Waals surface area contributed by atoms with Crippen molar-refractivity contribution in [2.75, 3.05) is 0 Å². The minimum atomic E-state index is -0.943. The van der Waals surface area contributed by atoms with Crippen LogP contribution >= 0.6 is 0 Å². The fourth-order valence-corrected chi connectivity index (χ4v) is 3.35. The molecule has 27 heavy (non-hydrogen) atoms. The molecule has 0 saturated heterocycles. The van der Waals surface area contributed by atoms with Crippen molar-refractivity contribution >= 4 is 22.9 Å². The second-order valence-corrected chi connectivity index (χ2v) is 6.47. The molecule has 0 bridgehead atoms. The lowest BCUT2D eigenvalue weighted by Gasteiger charge is -2.05. The average molecular weight is 353 g/mol. The largest absolute Gasteiger partial charge is 0.478 e. The molecule has 4 aromatic rings. The molecule has 0 spiro atoms. The molecule has 3 nitrogen and oxygen atoms in total. The summed E-state index contributed by atoms with van der Waals surface area (Å²) in [7, 11) is 0. The van der Waals surface area contributed by atoms with E-state index in [1.807, 2.05) is 42.5 Å². The zero-order chi connectivity index (χ0) is 18.6. The Morgan fingerprint density at radius 3 is 2.33 bits per heavy atom. The zero-order valence-electron chi connectivity index (χ0n) is 14.7. The van der Waals surface area contributed by atoms with E-state index in [1.165, 1.54) is 17.2 Å². The topological polar surface area (TPSA) is 42.2 Å². The number of aliphatic carboxylic acids is 1. The Bertz CT molecular complexity index is 1110. The van der Waals surface area contributed by atoms with Crippen LogP contribution in [-0.2, 0) is 11.2 Å². The first-order valence-electron chi connectivity index (χ1n) is 8.85. The molecule has 3 aromatic carbocycles. The summed E-state index contributed by atoms with van der Waals surface area (Å²) < 4.78 is 2.19. The number of benzene rings is 3. The summed E-state index contributed by atoms with van der Waals surface area (Å²) in [6.07, 6.45) is 5.81. The first kappa shape index (κ1) is 16.9. The summed E-state index contributed by atoms with van der Waals surface area (Å²) >= 11 is 0. The van der Waals surface area contributed by atoms with E-state index < -0.39 is 5.97 Å². The monoisotopic (exact) mass is 353 g/mol. The van der Waals surface area contributed by atoms with E-state index in [9.17, 15) is 4.79 Å². The second kappa shape index (κ2) is 7.34. The lowest BCUT2D eigenvalue weighted by atomic mass is 10.0. The molecular formula is C24H19NO2. The van der Waals surface area contributed by atoms with Crippen LogP contribution in [0.15, 0.2) is 91.1 Å².